The molecule has 8 nitrogen and oxygen atoms in total. The maximum atomic E-state index is 11.6. The highest BCUT2D eigenvalue weighted by molar-refractivity contribution is 5.95. The first kappa shape index (κ1) is 16.3. The summed E-state index contributed by atoms with van der Waals surface area (Å²) >= 11 is 0. The van der Waals surface area contributed by atoms with Crippen molar-refractivity contribution in [2.75, 3.05) is 11.9 Å². The van der Waals surface area contributed by atoms with E-state index in [1.165, 1.54) is 24.3 Å². The Balaban J connectivity index is 2.70. The maximum Gasteiger partial charge on any atom is 0.256 e. The third-order valence-electron chi connectivity index (χ3n) is 2.69. The van der Waals surface area contributed by atoms with Crippen molar-refractivity contribution in [3.63, 3.8) is 0 Å². The van der Waals surface area contributed by atoms with Crippen LogP contribution in [0.25, 0.3) is 0 Å². The van der Waals surface area contributed by atoms with Crippen molar-refractivity contribution in [3.8, 4) is 5.75 Å². The Labute approximate surface area is 114 Å². The summed E-state index contributed by atoms with van der Waals surface area (Å²) in [6.45, 7) is -0.841. The van der Waals surface area contributed by atoms with Crippen LogP contribution in [0.3, 0.4) is 0 Å². The number of nitrogens with one attached hydrogen (secondary N) is 1. The number of aliphatic hydroxyl groups excluding tert-OH is 5. The van der Waals surface area contributed by atoms with Crippen LogP contribution in [0.15, 0.2) is 24.3 Å². The maximum absolute atomic E-state index is 11.6. The molecule has 1 aromatic rings. The van der Waals surface area contributed by atoms with E-state index in [0.717, 1.165) is 0 Å². The van der Waals surface area contributed by atoms with E-state index in [-0.39, 0.29) is 11.4 Å². The summed E-state index contributed by atoms with van der Waals surface area (Å²) in [4.78, 5) is 11.6. The van der Waals surface area contributed by atoms with E-state index < -0.39 is 36.9 Å². The fourth-order valence-electron chi connectivity index (χ4n) is 1.46. The molecule has 0 aliphatic carbocycles. The number of amides is 1. The Morgan fingerprint density at radius 2 is 1.70 bits per heavy atom. The number of carbonyl (C=O) groups excluding carboxylic acids is 1. The Bertz CT molecular complexity index is 453. The van der Waals surface area contributed by atoms with Gasteiger partial charge in [-0.2, -0.15) is 0 Å². The van der Waals surface area contributed by atoms with Crippen molar-refractivity contribution in [1.29, 1.82) is 0 Å². The first-order chi connectivity index (χ1) is 9.38. The zero-order chi connectivity index (χ0) is 15.3. The minimum Gasteiger partial charge on any atom is -0.506 e. The van der Waals surface area contributed by atoms with Gasteiger partial charge >= 0.3 is 0 Å². The zero-order valence-electron chi connectivity index (χ0n) is 10.4. The standard InChI is InChI=1S/C12H17NO7/c14-5-8(16)9(17)10(18)11(19)12(20)13-6-3-1-2-4-7(6)15/h1-4,8-11,14-19H,5H2,(H,13,20)/t8-,9-,10+,11+/m1/s1. The third-order valence-corrected chi connectivity index (χ3v) is 2.69. The average Bonchev–Trinajstić information content (AvgIpc) is 2.46. The SMILES string of the molecule is O=C(Nc1ccccc1O)[C@@H](O)[C@@H](O)[C@H](O)[C@H](O)CO. The number of carbonyl (C=O) groups is 1. The summed E-state index contributed by atoms with van der Waals surface area (Å²) in [6.07, 6.45) is -7.64. The summed E-state index contributed by atoms with van der Waals surface area (Å²) in [7, 11) is 0. The minimum atomic E-state index is -2.05. The third kappa shape index (κ3) is 3.89. The van der Waals surface area contributed by atoms with E-state index in [1.807, 2.05) is 0 Å². The molecule has 0 aliphatic heterocycles. The van der Waals surface area contributed by atoms with Crippen molar-refractivity contribution < 1.29 is 35.4 Å². The molecule has 112 valence electrons. The molecule has 20 heavy (non-hydrogen) atoms. The smallest absolute Gasteiger partial charge is 0.256 e. The van der Waals surface area contributed by atoms with Crippen molar-refractivity contribution in [3.05, 3.63) is 24.3 Å². The number of benzene rings is 1. The molecule has 4 atom stereocenters. The number of rotatable bonds is 6. The molecule has 0 spiro atoms. The van der Waals surface area contributed by atoms with Crippen LogP contribution in [0, 0.1) is 0 Å². The van der Waals surface area contributed by atoms with Crippen molar-refractivity contribution in [1.82, 2.24) is 0 Å². The molecular formula is C12H17NO7. The number of hydrogen-bond acceptors (Lipinski definition) is 7. The highest BCUT2D eigenvalue weighted by Crippen LogP contribution is 2.22. The normalized spacial score (nSPS) is 17.1. The van der Waals surface area contributed by atoms with Crippen LogP contribution in [-0.4, -0.2) is 67.6 Å². The van der Waals surface area contributed by atoms with Crippen molar-refractivity contribution in [2.45, 2.75) is 24.4 Å². The molecule has 0 fully saturated rings. The highest BCUT2D eigenvalue weighted by atomic mass is 16.4. The van der Waals surface area contributed by atoms with Gasteiger partial charge in [-0.25, -0.2) is 0 Å². The molecule has 0 aromatic heterocycles. The summed E-state index contributed by atoms with van der Waals surface area (Å²) in [6, 6.07) is 5.73. The monoisotopic (exact) mass is 287 g/mol. The Hall–Kier alpha value is -1.71. The lowest BCUT2D eigenvalue weighted by molar-refractivity contribution is -0.144. The van der Waals surface area contributed by atoms with Crippen LogP contribution in [-0.2, 0) is 4.79 Å². The van der Waals surface area contributed by atoms with Gasteiger partial charge in [0.15, 0.2) is 6.10 Å². The van der Waals surface area contributed by atoms with E-state index in [2.05, 4.69) is 5.32 Å². The molecular weight excluding hydrogens is 270 g/mol. The second-order valence-electron chi connectivity index (χ2n) is 4.18. The van der Waals surface area contributed by atoms with E-state index in [4.69, 9.17) is 10.2 Å². The molecule has 0 saturated heterocycles. The first-order valence-electron chi connectivity index (χ1n) is 5.80. The summed E-state index contributed by atoms with van der Waals surface area (Å²) in [5.41, 5.74) is 0.0148. The van der Waals surface area contributed by atoms with E-state index in [0.29, 0.717) is 0 Å². The van der Waals surface area contributed by atoms with Crippen LogP contribution in [0.1, 0.15) is 0 Å². The number of hydrogen-bond donors (Lipinski definition) is 7. The molecule has 0 bridgehead atoms. The summed E-state index contributed by atoms with van der Waals surface area (Å²) < 4.78 is 0. The number of phenols is 1. The van der Waals surface area contributed by atoms with Gasteiger partial charge < -0.3 is 36.0 Å². The Kier molecular flexibility index (Phi) is 5.86. The molecule has 0 saturated carbocycles. The number of phenolic OH excluding ortho intramolecular Hbond substituents is 1. The second kappa shape index (κ2) is 7.17. The number of anilines is 1. The first-order valence-corrected chi connectivity index (χ1v) is 5.80. The second-order valence-corrected chi connectivity index (χ2v) is 4.18. The Morgan fingerprint density at radius 3 is 2.25 bits per heavy atom. The summed E-state index contributed by atoms with van der Waals surface area (Å²) in [5, 5.41) is 57.8. The molecule has 0 radical (unpaired) electrons. The lowest BCUT2D eigenvalue weighted by Crippen LogP contribution is -2.50. The molecule has 1 rings (SSSR count). The van der Waals surface area contributed by atoms with Crippen LogP contribution in [0.4, 0.5) is 5.69 Å². The molecule has 8 heteroatoms. The molecule has 0 unspecified atom stereocenters. The lowest BCUT2D eigenvalue weighted by Gasteiger charge is -2.25. The van der Waals surface area contributed by atoms with Crippen molar-refractivity contribution >= 4 is 11.6 Å². The minimum absolute atomic E-state index is 0.0148. The van der Waals surface area contributed by atoms with Gasteiger partial charge in [0.1, 0.15) is 24.1 Å². The quantitative estimate of drug-likeness (QED) is 0.292. The molecule has 1 aromatic carbocycles. The van der Waals surface area contributed by atoms with Gasteiger partial charge in [-0.15, -0.1) is 0 Å². The topological polar surface area (TPSA) is 150 Å². The largest absolute Gasteiger partial charge is 0.506 e. The van der Waals surface area contributed by atoms with Crippen LogP contribution < -0.4 is 5.32 Å². The number of aliphatic hydroxyl groups is 5. The number of para-hydroxylation sites is 2. The van der Waals surface area contributed by atoms with Crippen LogP contribution >= 0.6 is 0 Å². The van der Waals surface area contributed by atoms with Gasteiger partial charge in [0.25, 0.3) is 5.91 Å². The molecule has 1 amide bonds. The predicted octanol–water partition coefficient (Wildman–Crippen LogP) is -2.23. The van der Waals surface area contributed by atoms with E-state index in [1.54, 1.807) is 0 Å². The molecule has 0 aliphatic rings. The molecule has 7 N–H and O–H groups in total. The molecule has 0 heterocycles. The van der Waals surface area contributed by atoms with Gasteiger partial charge in [0.2, 0.25) is 0 Å². The van der Waals surface area contributed by atoms with Gasteiger partial charge in [-0.05, 0) is 12.1 Å². The summed E-state index contributed by atoms with van der Waals surface area (Å²) in [5.74, 6) is -1.32. The van der Waals surface area contributed by atoms with Crippen LogP contribution in [0.2, 0.25) is 0 Å². The van der Waals surface area contributed by atoms with Crippen LogP contribution in [0.5, 0.6) is 5.75 Å². The predicted molar refractivity (Wildman–Crippen MR) is 67.8 cm³/mol. The fraction of sp³-hybridized carbons (Fsp3) is 0.417. The van der Waals surface area contributed by atoms with E-state index >= 15 is 0 Å². The zero-order valence-corrected chi connectivity index (χ0v) is 10.4. The lowest BCUT2D eigenvalue weighted by atomic mass is 10.0. The fourth-order valence-corrected chi connectivity index (χ4v) is 1.46. The van der Waals surface area contributed by atoms with Gasteiger partial charge in [0.05, 0.1) is 12.3 Å². The average molecular weight is 287 g/mol. The Morgan fingerprint density at radius 1 is 1.10 bits per heavy atom. The number of aromatic hydroxyl groups is 1. The van der Waals surface area contributed by atoms with E-state index in [9.17, 15) is 25.2 Å². The highest BCUT2D eigenvalue weighted by Gasteiger charge is 2.34. The van der Waals surface area contributed by atoms with Gasteiger partial charge in [0, 0.05) is 0 Å². The van der Waals surface area contributed by atoms with Gasteiger partial charge in [-0.1, -0.05) is 12.1 Å². The van der Waals surface area contributed by atoms with Crippen molar-refractivity contribution in [2.24, 2.45) is 0 Å². The van der Waals surface area contributed by atoms with Gasteiger partial charge in [-0.3, -0.25) is 4.79 Å².